The van der Waals surface area contributed by atoms with E-state index in [1.807, 2.05) is 0 Å². The van der Waals surface area contributed by atoms with E-state index in [-0.39, 0.29) is 25.0 Å². The van der Waals surface area contributed by atoms with Gasteiger partial charge in [-0.3, -0.25) is 19.4 Å². The lowest BCUT2D eigenvalue weighted by atomic mass is 10.2. The molecule has 0 bridgehead atoms. The third kappa shape index (κ3) is 4.40. The van der Waals surface area contributed by atoms with Gasteiger partial charge >= 0.3 is 0 Å². The van der Waals surface area contributed by atoms with E-state index in [0.717, 1.165) is 32.8 Å². The second-order valence-electron chi connectivity index (χ2n) is 6.27. The Balaban J connectivity index is 1.63. The van der Waals surface area contributed by atoms with Crippen molar-refractivity contribution in [2.75, 3.05) is 64.5 Å². The highest BCUT2D eigenvalue weighted by atomic mass is 35.5. The fourth-order valence-electron chi connectivity index (χ4n) is 2.87. The van der Waals surface area contributed by atoms with Crippen molar-refractivity contribution < 1.29 is 19.1 Å². The van der Waals surface area contributed by atoms with Crippen LogP contribution in [-0.4, -0.2) is 81.2 Å². The van der Waals surface area contributed by atoms with Crippen LogP contribution in [0.5, 0.6) is 5.75 Å². The molecule has 0 aliphatic carbocycles. The maximum absolute atomic E-state index is 12.6. The number of amides is 2. The van der Waals surface area contributed by atoms with Gasteiger partial charge in [-0.15, -0.1) is 0 Å². The van der Waals surface area contributed by atoms with Gasteiger partial charge in [0.05, 0.1) is 28.9 Å². The molecule has 0 saturated carbocycles. The molecule has 0 unspecified atom stereocenters. The fraction of sp³-hybridized carbons (Fsp3) is 0.529. The van der Waals surface area contributed by atoms with E-state index in [0.29, 0.717) is 28.0 Å². The first kappa shape index (κ1) is 19.2. The summed E-state index contributed by atoms with van der Waals surface area (Å²) in [5, 5.41) is 0.649. The molecule has 0 atom stereocenters. The number of hydrogen-bond donors (Lipinski definition) is 0. The summed E-state index contributed by atoms with van der Waals surface area (Å²) in [4.78, 5) is 30.1. The molecule has 2 aliphatic rings. The van der Waals surface area contributed by atoms with Crippen LogP contribution in [-0.2, 0) is 14.3 Å². The summed E-state index contributed by atoms with van der Waals surface area (Å²) in [5.74, 6) is 0.0131. The number of likely N-dealkylation sites (N-methyl/N-ethyl adjacent to an activating group) is 1. The van der Waals surface area contributed by atoms with Gasteiger partial charge in [-0.25, -0.2) is 0 Å². The Labute approximate surface area is 162 Å². The summed E-state index contributed by atoms with van der Waals surface area (Å²) < 4.78 is 10.7. The topological polar surface area (TPSA) is 62.3 Å². The van der Waals surface area contributed by atoms with Crippen molar-refractivity contribution in [3.63, 3.8) is 0 Å². The number of rotatable bonds is 5. The monoisotopic (exact) mass is 401 g/mol. The molecule has 7 nitrogen and oxygen atoms in total. The largest absolute Gasteiger partial charge is 0.482 e. The first-order chi connectivity index (χ1) is 12.5. The minimum atomic E-state index is -0.286. The highest BCUT2D eigenvalue weighted by Crippen LogP contribution is 2.38. The minimum Gasteiger partial charge on any atom is -0.482 e. The van der Waals surface area contributed by atoms with Crippen LogP contribution in [0.4, 0.5) is 5.69 Å². The van der Waals surface area contributed by atoms with Gasteiger partial charge in [0.25, 0.3) is 5.91 Å². The Kier molecular flexibility index (Phi) is 6.24. The van der Waals surface area contributed by atoms with Crippen molar-refractivity contribution >= 4 is 40.7 Å². The highest BCUT2D eigenvalue weighted by molar-refractivity contribution is 6.42. The molecule has 26 heavy (non-hydrogen) atoms. The third-order valence-electron chi connectivity index (χ3n) is 4.52. The number of morpholine rings is 1. The molecule has 0 spiro atoms. The zero-order valence-electron chi connectivity index (χ0n) is 14.5. The van der Waals surface area contributed by atoms with Crippen molar-refractivity contribution in [1.82, 2.24) is 9.80 Å². The molecular weight excluding hydrogens is 381 g/mol. The van der Waals surface area contributed by atoms with E-state index in [4.69, 9.17) is 32.7 Å². The number of ether oxygens (including phenoxy) is 2. The molecular formula is C17H21Cl2N3O4. The molecule has 9 heteroatoms. The summed E-state index contributed by atoms with van der Waals surface area (Å²) in [6.45, 7) is 4.36. The van der Waals surface area contributed by atoms with Crippen molar-refractivity contribution in [1.29, 1.82) is 0 Å². The number of carbonyl (C=O) groups excluding carboxylic acids is 2. The highest BCUT2D eigenvalue weighted by Gasteiger charge is 2.29. The average molecular weight is 402 g/mol. The summed E-state index contributed by atoms with van der Waals surface area (Å²) in [6.07, 6.45) is 0. The van der Waals surface area contributed by atoms with Gasteiger partial charge in [0.2, 0.25) is 5.91 Å². The van der Waals surface area contributed by atoms with Crippen LogP contribution in [0.1, 0.15) is 0 Å². The zero-order chi connectivity index (χ0) is 18.7. The number of anilines is 1. The number of carbonyl (C=O) groups is 2. The fourth-order valence-corrected chi connectivity index (χ4v) is 3.18. The molecule has 0 radical (unpaired) electrons. The lowest BCUT2D eigenvalue weighted by Gasteiger charge is -2.32. The van der Waals surface area contributed by atoms with Gasteiger partial charge < -0.3 is 14.4 Å². The molecule has 2 heterocycles. The summed E-state index contributed by atoms with van der Waals surface area (Å²) in [7, 11) is 1.74. The molecule has 1 saturated heterocycles. The van der Waals surface area contributed by atoms with Crippen molar-refractivity contribution in [3.8, 4) is 5.75 Å². The third-order valence-corrected chi connectivity index (χ3v) is 5.24. The predicted octanol–water partition coefficient (Wildman–Crippen LogP) is 1.51. The van der Waals surface area contributed by atoms with E-state index in [1.54, 1.807) is 24.1 Å². The van der Waals surface area contributed by atoms with Gasteiger partial charge in [-0.2, -0.15) is 0 Å². The standard InChI is InChI=1S/C17H21Cl2N3O4/c1-20(2-3-21-4-6-25-7-5-21)16(23)10-22-14-8-12(18)13(19)9-15(14)26-11-17(22)24/h8-9H,2-7,10-11H2,1H3. The smallest absolute Gasteiger partial charge is 0.265 e. The second-order valence-corrected chi connectivity index (χ2v) is 7.09. The van der Waals surface area contributed by atoms with Gasteiger partial charge in [0.15, 0.2) is 6.61 Å². The van der Waals surface area contributed by atoms with Gasteiger partial charge in [-0.1, -0.05) is 23.2 Å². The van der Waals surface area contributed by atoms with E-state index in [2.05, 4.69) is 4.90 Å². The maximum Gasteiger partial charge on any atom is 0.265 e. The van der Waals surface area contributed by atoms with Crippen molar-refractivity contribution in [2.45, 2.75) is 0 Å². The van der Waals surface area contributed by atoms with Crippen LogP contribution in [0.3, 0.4) is 0 Å². The molecule has 1 fully saturated rings. The molecule has 142 valence electrons. The van der Waals surface area contributed by atoms with Crippen LogP contribution in [0.15, 0.2) is 12.1 Å². The molecule has 2 amide bonds. The zero-order valence-corrected chi connectivity index (χ0v) is 16.1. The molecule has 0 aromatic heterocycles. The van der Waals surface area contributed by atoms with Gasteiger partial charge in [0, 0.05) is 39.3 Å². The van der Waals surface area contributed by atoms with Gasteiger partial charge in [0.1, 0.15) is 12.3 Å². The first-order valence-corrected chi connectivity index (χ1v) is 9.17. The first-order valence-electron chi connectivity index (χ1n) is 8.42. The van der Waals surface area contributed by atoms with E-state index in [1.165, 1.54) is 4.90 Å². The average Bonchev–Trinajstić information content (AvgIpc) is 2.64. The minimum absolute atomic E-state index is 0.0627. The quantitative estimate of drug-likeness (QED) is 0.748. The summed E-state index contributed by atoms with van der Waals surface area (Å²) in [5.41, 5.74) is 0.463. The number of hydrogen-bond acceptors (Lipinski definition) is 5. The Hall–Kier alpha value is -1.54. The molecule has 1 aromatic rings. The number of benzene rings is 1. The molecule has 1 aromatic carbocycles. The predicted molar refractivity (Wildman–Crippen MR) is 99.2 cm³/mol. The number of halogens is 2. The summed E-state index contributed by atoms with van der Waals surface area (Å²) in [6, 6.07) is 3.11. The van der Waals surface area contributed by atoms with Crippen LogP contribution in [0, 0.1) is 0 Å². The lowest BCUT2D eigenvalue weighted by molar-refractivity contribution is -0.131. The van der Waals surface area contributed by atoms with E-state index >= 15 is 0 Å². The number of nitrogens with zero attached hydrogens (tertiary/aromatic N) is 3. The van der Waals surface area contributed by atoms with Crippen molar-refractivity contribution in [2.24, 2.45) is 0 Å². The molecule has 0 N–H and O–H groups in total. The van der Waals surface area contributed by atoms with Crippen LogP contribution >= 0.6 is 23.2 Å². The van der Waals surface area contributed by atoms with Crippen molar-refractivity contribution in [3.05, 3.63) is 22.2 Å². The maximum atomic E-state index is 12.6. The molecule has 3 rings (SSSR count). The Bertz CT molecular complexity index is 695. The van der Waals surface area contributed by atoms with Crippen LogP contribution < -0.4 is 9.64 Å². The Morgan fingerprint density at radius 2 is 1.92 bits per heavy atom. The summed E-state index contributed by atoms with van der Waals surface area (Å²) >= 11 is 12.1. The van der Waals surface area contributed by atoms with Crippen LogP contribution in [0.25, 0.3) is 0 Å². The van der Waals surface area contributed by atoms with Gasteiger partial charge in [-0.05, 0) is 6.07 Å². The van der Waals surface area contributed by atoms with E-state index < -0.39 is 0 Å². The normalized spacial score (nSPS) is 17.7. The Morgan fingerprint density at radius 3 is 2.65 bits per heavy atom. The SMILES string of the molecule is CN(CCN1CCOCC1)C(=O)CN1C(=O)COc2cc(Cl)c(Cl)cc21. The van der Waals surface area contributed by atoms with Crippen LogP contribution in [0.2, 0.25) is 10.0 Å². The second kappa shape index (κ2) is 8.43. The number of fused-ring (bicyclic) bond motifs is 1. The molecule has 2 aliphatic heterocycles. The Morgan fingerprint density at radius 1 is 1.23 bits per heavy atom. The van der Waals surface area contributed by atoms with E-state index in [9.17, 15) is 9.59 Å². The lowest BCUT2D eigenvalue weighted by Crippen LogP contribution is -2.47.